The molecule has 1 atom stereocenters. The molecule has 0 radical (unpaired) electrons. The van der Waals surface area contributed by atoms with E-state index in [0.29, 0.717) is 0 Å². The molecule has 2 nitrogen and oxygen atoms in total. The molecular weight excluding hydrogens is 109 g/mol. The average Bonchev–Trinajstić information content (AvgIpc) is 1.62. The van der Waals surface area contributed by atoms with Gasteiger partial charge in [0.2, 0.25) is 0 Å². The highest BCUT2D eigenvalue weighted by Gasteiger charge is 2.24. The minimum absolute atomic E-state index is 0.0243. The number of hydrogen-bond acceptors (Lipinski definition) is 2. The number of rotatable bonds is 2. The minimum atomic E-state index is -1.56. The first-order valence-electron chi connectivity index (χ1n) is 2.55. The fourth-order valence-electron chi connectivity index (χ4n) is 0.280. The monoisotopic (exact) mass is 121 g/mol. The number of aliphatic hydroxyl groups is 1. The Morgan fingerprint density at radius 3 is 2.12 bits per heavy atom. The summed E-state index contributed by atoms with van der Waals surface area (Å²) in [7, 11) is 0. The highest BCUT2D eigenvalue weighted by Crippen LogP contribution is 2.12. The average molecular weight is 121 g/mol. The zero-order valence-electron chi connectivity index (χ0n) is 5.19. The van der Waals surface area contributed by atoms with Gasteiger partial charge in [-0.3, -0.25) is 0 Å². The lowest BCUT2D eigenvalue weighted by Gasteiger charge is -2.19. The highest BCUT2D eigenvalue weighted by molar-refractivity contribution is 4.76. The molecule has 0 amide bonds. The van der Waals surface area contributed by atoms with Gasteiger partial charge in [0.25, 0.3) is 0 Å². The first-order chi connectivity index (χ1) is 3.48. The van der Waals surface area contributed by atoms with Gasteiger partial charge in [-0.2, -0.15) is 0 Å². The first kappa shape index (κ1) is 7.85. The maximum absolute atomic E-state index is 12.5. The molecule has 0 bridgehead atoms. The molecule has 0 saturated carbocycles. The van der Waals surface area contributed by atoms with Crippen molar-refractivity contribution in [3.8, 4) is 0 Å². The summed E-state index contributed by atoms with van der Waals surface area (Å²) in [5.41, 5.74) is 3.41. The molecule has 0 rings (SSSR count). The maximum atomic E-state index is 12.5. The molecule has 0 aromatic carbocycles. The van der Waals surface area contributed by atoms with Crippen LogP contribution in [0.5, 0.6) is 0 Å². The van der Waals surface area contributed by atoms with Gasteiger partial charge in [-0.15, -0.1) is 0 Å². The van der Waals surface area contributed by atoms with Crippen molar-refractivity contribution in [1.29, 1.82) is 0 Å². The summed E-state index contributed by atoms with van der Waals surface area (Å²) in [4.78, 5) is 0. The summed E-state index contributed by atoms with van der Waals surface area (Å²) in [6.07, 6.45) is -1.04. The predicted molar refractivity (Wildman–Crippen MR) is 30.2 cm³/mol. The Bertz CT molecular complexity index is 69.3. The van der Waals surface area contributed by atoms with Gasteiger partial charge in [-0.05, 0) is 13.8 Å². The van der Waals surface area contributed by atoms with E-state index >= 15 is 0 Å². The molecule has 0 aliphatic carbocycles. The summed E-state index contributed by atoms with van der Waals surface area (Å²) in [6, 6.07) is 0. The molecule has 0 aliphatic rings. The standard InChI is InChI=1S/C5H12FNO/c1-5(2,6)4(8)3-7/h4,8H,3,7H2,1-2H3/t4-/m1/s1. The zero-order chi connectivity index (χ0) is 6.78. The number of alkyl halides is 1. The fourth-order valence-corrected chi connectivity index (χ4v) is 0.280. The van der Waals surface area contributed by atoms with E-state index in [-0.39, 0.29) is 6.54 Å². The van der Waals surface area contributed by atoms with Crippen LogP contribution in [0.25, 0.3) is 0 Å². The molecule has 0 fully saturated rings. The van der Waals surface area contributed by atoms with Crippen LogP contribution in [-0.4, -0.2) is 23.4 Å². The molecule has 8 heavy (non-hydrogen) atoms. The van der Waals surface area contributed by atoms with Gasteiger partial charge in [-0.25, -0.2) is 4.39 Å². The largest absolute Gasteiger partial charge is 0.388 e. The van der Waals surface area contributed by atoms with Crippen molar-refractivity contribution >= 4 is 0 Å². The van der Waals surface area contributed by atoms with E-state index in [9.17, 15) is 4.39 Å². The molecule has 0 unspecified atom stereocenters. The van der Waals surface area contributed by atoms with Gasteiger partial charge < -0.3 is 10.8 Å². The zero-order valence-corrected chi connectivity index (χ0v) is 5.19. The summed E-state index contributed by atoms with van der Waals surface area (Å²) in [5.74, 6) is 0. The lowest BCUT2D eigenvalue weighted by molar-refractivity contribution is 0.0240. The molecular formula is C5H12FNO. The van der Waals surface area contributed by atoms with E-state index in [1.165, 1.54) is 13.8 Å². The Morgan fingerprint density at radius 1 is 1.75 bits per heavy atom. The van der Waals surface area contributed by atoms with Crippen molar-refractivity contribution in [2.75, 3.05) is 6.54 Å². The van der Waals surface area contributed by atoms with Crippen LogP contribution in [0.3, 0.4) is 0 Å². The van der Waals surface area contributed by atoms with Crippen molar-refractivity contribution in [3.63, 3.8) is 0 Å². The first-order valence-corrected chi connectivity index (χ1v) is 2.55. The second-order valence-corrected chi connectivity index (χ2v) is 2.32. The minimum Gasteiger partial charge on any atom is -0.388 e. The summed E-state index contributed by atoms with van der Waals surface area (Å²) < 4.78 is 12.5. The Balaban J connectivity index is 3.62. The quantitative estimate of drug-likeness (QED) is 0.542. The van der Waals surface area contributed by atoms with E-state index < -0.39 is 11.8 Å². The van der Waals surface area contributed by atoms with Crippen molar-refractivity contribution in [1.82, 2.24) is 0 Å². The van der Waals surface area contributed by atoms with Gasteiger partial charge in [0.15, 0.2) is 0 Å². The second-order valence-electron chi connectivity index (χ2n) is 2.32. The number of nitrogens with two attached hydrogens (primary N) is 1. The Hall–Kier alpha value is -0.150. The summed E-state index contributed by atoms with van der Waals surface area (Å²) in [5, 5.41) is 8.69. The molecule has 50 valence electrons. The lowest BCUT2D eigenvalue weighted by Crippen LogP contribution is -2.37. The highest BCUT2D eigenvalue weighted by atomic mass is 19.1. The van der Waals surface area contributed by atoms with Crippen LogP contribution in [-0.2, 0) is 0 Å². The van der Waals surface area contributed by atoms with Crippen LogP contribution < -0.4 is 5.73 Å². The van der Waals surface area contributed by atoms with Crippen molar-refractivity contribution in [2.24, 2.45) is 5.73 Å². The van der Waals surface area contributed by atoms with E-state index in [0.717, 1.165) is 0 Å². The third kappa shape index (κ3) is 2.23. The molecule has 0 heterocycles. The smallest absolute Gasteiger partial charge is 0.132 e. The van der Waals surface area contributed by atoms with E-state index in [1.807, 2.05) is 0 Å². The molecule has 3 heteroatoms. The molecule has 0 aliphatic heterocycles. The summed E-state index contributed by atoms with van der Waals surface area (Å²) >= 11 is 0. The fraction of sp³-hybridized carbons (Fsp3) is 1.00. The number of aliphatic hydroxyl groups excluding tert-OH is 1. The predicted octanol–water partition coefficient (Wildman–Crippen LogP) is 0.0541. The third-order valence-electron chi connectivity index (χ3n) is 1.02. The molecule has 0 spiro atoms. The van der Waals surface area contributed by atoms with Crippen LogP contribution >= 0.6 is 0 Å². The molecule has 3 N–H and O–H groups in total. The van der Waals surface area contributed by atoms with Gasteiger partial charge in [0, 0.05) is 6.54 Å². The topological polar surface area (TPSA) is 46.2 Å². The molecule has 0 saturated heterocycles. The van der Waals surface area contributed by atoms with Crippen LogP contribution in [0.4, 0.5) is 4.39 Å². The molecule has 0 aromatic rings. The van der Waals surface area contributed by atoms with Crippen LogP contribution in [0, 0.1) is 0 Å². The van der Waals surface area contributed by atoms with Crippen molar-refractivity contribution in [2.45, 2.75) is 25.6 Å². The number of halogens is 1. The van der Waals surface area contributed by atoms with Crippen LogP contribution in [0.2, 0.25) is 0 Å². The van der Waals surface area contributed by atoms with Gasteiger partial charge in [0.1, 0.15) is 5.67 Å². The van der Waals surface area contributed by atoms with E-state index in [1.54, 1.807) is 0 Å². The van der Waals surface area contributed by atoms with Gasteiger partial charge in [-0.1, -0.05) is 0 Å². The van der Waals surface area contributed by atoms with Gasteiger partial charge >= 0.3 is 0 Å². The lowest BCUT2D eigenvalue weighted by atomic mass is 10.1. The Kier molecular flexibility index (Phi) is 2.37. The molecule has 0 aromatic heterocycles. The van der Waals surface area contributed by atoms with Gasteiger partial charge in [0.05, 0.1) is 6.10 Å². The van der Waals surface area contributed by atoms with Crippen LogP contribution in [0.1, 0.15) is 13.8 Å². The third-order valence-corrected chi connectivity index (χ3v) is 1.02. The van der Waals surface area contributed by atoms with Crippen LogP contribution in [0.15, 0.2) is 0 Å². The Labute approximate surface area is 48.5 Å². The van der Waals surface area contributed by atoms with Crippen molar-refractivity contribution < 1.29 is 9.50 Å². The van der Waals surface area contributed by atoms with E-state index in [2.05, 4.69) is 0 Å². The number of hydrogen-bond donors (Lipinski definition) is 2. The summed E-state index contributed by atoms with van der Waals surface area (Å²) in [6.45, 7) is 2.57. The Morgan fingerprint density at radius 2 is 2.12 bits per heavy atom. The maximum Gasteiger partial charge on any atom is 0.132 e. The second kappa shape index (κ2) is 2.42. The normalized spacial score (nSPS) is 16.1. The van der Waals surface area contributed by atoms with Crippen molar-refractivity contribution in [3.05, 3.63) is 0 Å². The van der Waals surface area contributed by atoms with E-state index in [4.69, 9.17) is 10.8 Å². The SMILES string of the molecule is CC(C)(F)[C@H](O)CN.